The molecule has 3 rings (SSSR count). The van der Waals surface area contributed by atoms with Crippen LogP contribution in [0.3, 0.4) is 0 Å². The Bertz CT molecular complexity index is 1210. The number of halogens is 1. The van der Waals surface area contributed by atoms with Crippen molar-refractivity contribution in [1.29, 1.82) is 0 Å². The molecule has 0 saturated heterocycles. The normalized spacial score (nSPS) is 11.2. The molecule has 0 aliphatic rings. The molecule has 0 fully saturated rings. The maximum Gasteiger partial charge on any atom is 0.338 e. The SMILES string of the molecule is O=C(COC(=O)c1ccc(NS(=O)(=O)C=Cc2ccccc2)cc1)Nc1ccc(Cl)cn1. The number of hydrogen-bond donors (Lipinski definition) is 2. The van der Waals surface area contributed by atoms with Gasteiger partial charge >= 0.3 is 5.97 Å². The van der Waals surface area contributed by atoms with Crippen molar-refractivity contribution in [3.05, 3.63) is 94.5 Å². The lowest BCUT2D eigenvalue weighted by Crippen LogP contribution is -2.21. The van der Waals surface area contributed by atoms with Gasteiger partial charge in [0.15, 0.2) is 6.61 Å². The monoisotopic (exact) mass is 471 g/mol. The van der Waals surface area contributed by atoms with Crippen molar-refractivity contribution >= 4 is 51.1 Å². The lowest BCUT2D eigenvalue weighted by atomic mass is 10.2. The molecule has 0 saturated carbocycles. The van der Waals surface area contributed by atoms with Crippen LogP contribution in [0.2, 0.25) is 5.02 Å². The number of aromatic nitrogens is 1. The van der Waals surface area contributed by atoms with E-state index in [1.807, 2.05) is 6.07 Å². The van der Waals surface area contributed by atoms with E-state index in [1.54, 1.807) is 30.3 Å². The summed E-state index contributed by atoms with van der Waals surface area (Å²) in [4.78, 5) is 27.9. The molecular weight excluding hydrogens is 454 g/mol. The van der Waals surface area contributed by atoms with E-state index in [-0.39, 0.29) is 17.1 Å². The van der Waals surface area contributed by atoms with Crippen LogP contribution in [0.4, 0.5) is 11.5 Å². The molecule has 10 heteroatoms. The number of ether oxygens (including phenoxy) is 1. The minimum absolute atomic E-state index is 0.158. The molecule has 2 N–H and O–H groups in total. The van der Waals surface area contributed by atoms with E-state index in [0.29, 0.717) is 5.02 Å². The lowest BCUT2D eigenvalue weighted by molar-refractivity contribution is -0.119. The molecule has 0 aliphatic heterocycles. The van der Waals surface area contributed by atoms with Crippen molar-refractivity contribution in [2.75, 3.05) is 16.6 Å². The third kappa shape index (κ3) is 7.22. The second-order valence-electron chi connectivity index (χ2n) is 6.42. The summed E-state index contributed by atoms with van der Waals surface area (Å²) < 4.78 is 31.7. The number of amides is 1. The molecule has 1 amide bonds. The first-order valence-corrected chi connectivity index (χ1v) is 11.2. The number of carbonyl (C=O) groups excluding carboxylic acids is 2. The molecule has 8 nitrogen and oxygen atoms in total. The van der Waals surface area contributed by atoms with Crippen molar-refractivity contribution in [1.82, 2.24) is 4.98 Å². The molecule has 1 heterocycles. The summed E-state index contributed by atoms with van der Waals surface area (Å²) in [6.45, 7) is -0.512. The molecule has 0 radical (unpaired) electrons. The molecule has 0 spiro atoms. The number of rotatable bonds is 8. The Morgan fingerprint density at radius 3 is 2.38 bits per heavy atom. The van der Waals surface area contributed by atoms with E-state index in [0.717, 1.165) is 11.0 Å². The van der Waals surface area contributed by atoms with Crippen molar-refractivity contribution < 1.29 is 22.7 Å². The highest BCUT2D eigenvalue weighted by molar-refractivity contribution is 7.95. The van der Waals surface area contributed by atoms with E-state index < -0.39 is 28.5 Å². The summed E-state index contributed by atoms with van der Waals surface area (Å²) in [5.41, 5.74) is 1.17. The number of sulfonamides is 1. The predicted octanol–water partition coefficient (Wildman–Crippen LogP) is 3.94. The maximum absolute atomic E-state index is 12.2. The minimum atomic E-state index is -3.73. The molecule has 1 aromatic heterocycles. The van der Waals surface area contributed by atoms with Crippen LogP contribution >= 0.6 is 11.6 Å². The Hall–Kier alpha value is -3.69. The highest BCUT2D eigenvalue weighted by Gasteiger charge is 2.12. The highest BCUT2D eigenvalue weighted by Crippen LogP contribution is 2.14. The van der Waals surface area contributed by atoms with Gasteiger partial charge in [-0.25, -0.2) is 18.2 Å². The van der Waals surface area contributed by atoms with Crippen LogP contribution in [0.15, 0.2) is 78.3 Å². The number of hydrogen-bond acceptors (Lipinski definition) is 6. The van der Waals surface area contributed by atoms with E-state index >= 15 is 0 Å². The minimum Gasteiger partial charge on any atom is -0.452 e. The highest BCUT2D eigenvalue weighted by atomic mass is 35.5. The van der Waals surface area contributed by atoms with E-state index in [4.69, 9.17) is 16.3 Å². The fourth-order valence-corrected chi connectivity index (χ4v) is 3.43. The zero-order valence-corrected chi connectivity index (χ0v) is 18.1. The van der Waals surface area contributed by atoms with Gasteiger partial charge in [0.1, 0.15) is 5.82 Å². The van der Waals surface area contributed by atoms with Crippen LogP contribution in [0, 0.1) is 0 Å². The second-order valence-corrected chi connectivity index (χ2v) is 8.43. The summed E-state index contributed by atoms with van der Waals surface area (Å²) in [7, 11) is -3.73. The van der Waals surface area contributed by atoms with Gasteiger partial charge in [-0.15, -0.1) is 0 Å². The fraction of sp³-hybridized carbons (Fsp3) is 0.0455. The number of benzene rings is 2. The van der Waals surface area contributed by atoms with Crippen molar-refractivity contribution in [2.45, 2.75) is 0 Å². The molecule has 2 aromatic carbocycles. The third-order valence-corrected chi connectivity index (χ3v) is 5.19. The van der Waals surface area contributed by atoms with Crippen LogP contribution < -0.4 is 10.0 Å². The molecule has 0 aliphatic carbocycles. The molecule has 0 atom stereocenters. The number of anilines is 2. The summed E-state index contributed by atoms with van der Waals surface area (Å²) in [5, 5.41) is 3.94. The predicted molar refractivity (Wildman–Crippen MR) is 123 cm³/mol. The Kier molecular flexibility index (Phi) is 7.58. The molecule has 32 heavy (non-hydrogen) atoms. The summed E-state index contributed by atoms with van der Waals surface area (Å²) in [6.07, 6.45) is 2.84. The van der Waals surface area contributed by atoms with E-state index in [2.05, 4.69) is 15.0 Å². The number of esters is 1. The number of nitrogens with one attached hydrogen (secondary N) is 2. The van der Waals surface area contributed by atoms with Gasteiger partial charge in [0.2, 0.25) is 0 Å². The largest absolute Gasteiger partial charge is 0.452 e. The number of carbonyl (C=O) groups is 2. The average Bonchev–Trinajstić information content (AvgIpc) is 2.79. The fourth-order valence-electron chi connectivity index (χ4n) is 2.45. The Morgan fingerprint density at radius 2 is 1.72 bits per heavy atom. The van der Waals surface area contributed by atoms with Gasteiger partial charge in [0, 0.05) is 11.9 Å². The smallest absolute Gasteiger partial charge is 0.338 e. The number of pyridine rings is 1. The van der Waals surface area contributed by atoms with Gasteiger partial charge in [-0.2, -0.15) is 0 Å². The summed E-state index contributed by atoms with van der Waals surface area (Å²) in [6, 6.07) is 17.7. The van der Waals surface area contributed by atoms with E-state index in [1.165, 1.54) is 42.6 Å². The first kappa shape index (κ1) is 23.0. The summed E-state index contributed by atoms with van der Waals surface area (Å²) in [5.74, 6) is -1.03. The molecular formula is C22H18ClN3O5S. The lowest BCUT2D eigenvalue weighted by Gasteiger charge is -2.07. The van der Waals surface area contributed by atoms with Crippen molar-refractivity contribution in [2.24, 2.45) is 0 Å². The standard InChI is InChI=1S/C22H18ClN3O5S/c23-18-8-11-20(24-14-18)25-21(27)15-31-22(28)17-6-9-19(10-7-17)26-32(29,30)13-12-16-4-2-1-3-5-16/h1-14,26H,15H2,(H,24,25,27). The Balaban J connectivity index is 1.51. The molecule has 0 bridgehead atoms. The van der Waals surface area contributed by atoms with Crippen molar-refractivity contribution in [3.8, 4) is 0 Å². The topological polar surface area (TPSA) is 114 Å². The second kappa shape index (κ2) is 10.6. The van der Waals surface area contributed by atoms with Crippen LogP contribution in [0.25, 0.3) is 6.08 Å². The third-order valence-electron chi connectivity index (χ3n) is 3.95. The zero-order valence-electron chi connectivity index (χ0n) is 16.6. The van der Waals surface area contributed by atoms with Gasteiger partial charge in [-0.3, -0.25) is 9.52 Å². The first-order chi connectivity index (χ1) is 15.3. The summed E-state index contributed by atoms with van der Waals surface area (Å²) >= 11 is 5.72. The quantitative estimate of drug-likeness (QED) is 0.481. The van der Waals surface area contributed by atoms with Crippen LogP contribution in [-0.2, 0) is 19.6 Å². The van der Waals surface area contributed by atoms with Crippen LogP contribution in [0.5, 0.6) is 0 Å². The van der Waals surface area contributed by atoms with Crippen LogP contribution in [-0.4, -0.2) is 31.9 Å². The van der Waals surface area contributed by atoms with Crippen molar-refractivity contribution in [3.63, 3.8) is 0 Å². The maximum atomic E-state index is 12.2. The van der Waals surface area contributed by atoms with Gasteiger partial charge < -0.3 is 10.1 Å². The molecule has 164 valence electrons. The number of nitrogens with zero attached hydrogens (tertiary/aromatic N) is 1. The first-order valence-electron chi connectivity index (χ1n) is 9.25. The molecule has 3 aromatic rings. The zero-order chi connectivity index (χ0) is 23.0. The van der Waals surface area contributed by atoms with Gasteiger partial charge in [0.05, 0.1) is 16.0 Å². The van der Waals surface area contributed by atoms with E-state index in [9.17, 15) is 18.0 Å². The Labute approximate surface area is 190 Å². The Morgan fingerprint density at radius 1 is 1.00 bits per heavy atom. The van der Waals surface area contributed by atoms with Gasteiger partial charge in [-0.1, -0.05) is 41.9 Å². The average molecular weight is 472 g/mol. The van der Waals surface area contributed by atoms with Gasteiger partial charge in [0.25, 0.3) is 15.9 Å². The molecule has 0 unspecified atom stereocenters. The van der Waals surface area contributed by atoms with Crippen LogP contribution in [0.1, 0.15) is 15.9 Å². The van der Waals surface area contributed by atoms with Gasteiger partial charge in [-0.05, 0) is 48.0 Å².